The minimum atomic E-state index is -0.926. The summed E-state index contributed by atoms with van der Waals surface area (Å²) in [6.45, 7) is 0.615. The first-order valence-electron chi connectivity index (χ1n) is 5.24. The van der Waals surface area contributed by atoms with Crippen molar-refractivity contribution >= 4 is 17.5 Å². The first kappa shape index (κ1) is 11.7. The first-order valence-corrected chi connectivity index (χ1v) is 5.24. The lowest BCUT2D eigenvalue weighted by Crippen LogP contribution is -2.31. The van der Waals surface area contributed by atoms with Gasteiger partial charge in [0.2, 0.25) is 11.8 Å². The fourth-order valence-electron chi connectivity index (χ4n) is 1.91. The van der Waals surface area contributed by atoms with Crippen LogP contribution in [0, 0.1) is 18.7 Å². The number of nitrogens with zero attached hydrogens (tertiary/aromatic N) is 1. The quantitative estimate of drug-likeness (QED) is 0.740. The molecule has 2 rings (SSSR count). The average Bonchev–Trinajstić information content (AvgIpc) is 2.58. The van der Waals surface area contributed by atoms with E-state index in [2.05, 4.69) is 0 Å². The number of alkyl halides is 1. The number of imide groups is 1. The highest BCUT2D eigenvalue weighted by Crippen LogP contribution is 2.30. The molecule has 1 unspecified atom stereocenters. The Morgan fingerprint density at radius 2 is 2.12 bits per heavy atom. The molecule has 0 radical (unpaired) electrons. The van der Waals surface area contributed by atoms with Gasteiger partial charge in [-0.05, 0) is 19.1 Å². The molecule has 1 aliphatic heterocycles. The van der Waals surface area contributed by atoms with Gasteiger partial charge in [-0.25, -0.2) is 9.29 Å². The Bertz CT molecular complexity index is 487. The van der Waals surface area contributed by atoms with Crippen molar-refractivity contribution in [3.05, 3.63) is 29.6 Å². The molecule has 17 heavy (non-hydrogen) atoms. The Balaban J connectivity index is 2.44. The van der Waals surface area contributed by atoms with Crippen LogP contribution in [0.25, 0.3) is 0 Å². The number of carbonyl (C=O) groups excluding carboxylic acids is 2. The van der Waals surface area contributed by atoms with Gasteiger partial charge in [-0.15, -0.1) is 0 Å². The first-order chi connectivity index (χ1) is 8.06. The van der Waals surface area contributed by atoms with Gasteiger partial charge in [0, 0.05) is 12.0 Å². The van der Waals surface area contributed by atoms with Crippen LogP contribution in [-0.2, 0) is 9.59 Å². The summed E-state index contributed by atoms with van der Waals surface area (Å²) in [5.74, 6) is -2.49. The minimum Gasteiger partial charge on any atom is -0.274 e. The van der Waals surface area contributed by atoms with Crippen molar-refractivity contribution in [1.29, 1.82) is 0 Å². The zero-order chi connectivity index (χ0) is 12.6. The smallest absolute Gasteiger partial charge is 0.240 e. The Morgan fingerprint density at radius 3 is 2.71 bits per heavy atom. The normalized spacial score (nSPS) is 20.2. The fraction of sp³-hybridized carbons (Fsp3) is 0.333. The number of hydrogen-bond acceptors (Lipinski definition) is 2. The van der Waals surface area contributed by atoms with Crippen LogP contribution >= 0.6 is 0 Å². The summed E-state index contributed by atoms with van der Waals surface area (Å²) < 4.78 is 25.9. The van der Waals surface area contributed by atoms with Crippen molar-refractivity contribution < 1.29 is 18.4 Å². The summed E-state index contributed by atoms with van der Waals surface area (Å²) in [4.78, 5) is 24.3. The molecule has 0 N–H and O–H groups in total. The monoisotopic (exact) mass is 239 g/mol. The van der Waals surface area contributed by atoms with E-state index in [0.29, 0.717) is 0 Å². The van der Waals surface area contributed by atoms with E-state index >= 15 is 0 Å². The molecule has 2 amide bonds. The van der Waals surface area contributed by atoms with Gasteiger partial charge >= 0.3 is 0 Å². The minimum absolute atomic E-state index is 0.148. The van der Waals surface area contributed by atoms with Gasteiger partial charge in [-0.2, -0.15) is 0 Å². The predicted octanol–water partition coefficient (Wildman–Crippen LogP) is 1.98. The second-order valence-electron chi connectivity index (χ2n) is 4.01. The summed E-state index contributed by atoms with van der Waals surface area (Å²) in [6, 6.07) is 4.15. The van der Waals surface area contributed by atoms with Gasteiger partial charge < -0.3 is 0 Å². The van der Waals surface area contributed by atoms with Crippen molar-refractivity contribution in [1.82, 2.24) is 0 Å². The van der Waals surface area contributed by atoms with E-state index in [9.17, 15) is 18.4 Å². The van der Waals surface area contributed by atoms with Crippen LogP contribution in [0.5, 0.6) is 0 Å². The zero-order valence-corrected chi connectivity index (χ0v) is 9.24. The van der Waals surface area contributed by atoms with Crippen molar-refractivity contribution in [2.75, 3.05) is 11.6 Å². The highest BCUT2D eigenvalue weighted by molar-refractivity contribution is 6.21. The molecule has 5 heteroatoms. The predicted molar refractivity (Wildman–Crippen MR) is 57.7 cm³/mol. The van der Waals surface area contributed by atoms with E-state index in [1.165, 1.54) is 25.1 Å². The second kappa shape index (κ2) is 4.24. The van der Waals surface area contributed by atoms with E-state index in [1.807, 2.05) is 0 Å². The topological polar surface area (TPSA) is 37.4 Å². The number of amides is 2. The number of carbonyl (C=O) groups is 2. The van der Waals surface area contributed by atoms with Crippen molar-refractivity contribution in [2.24, 2.45) is 5.92 Å². The largest absolute Gasteiger partial charge is 0.274 e. The molecule has 0 spiro atoms. The van der Waals surface area contributed by atoms with Crippen LogP contribution in [0.15, 0.2) is 18.2 Å². The molecule has 1 aromatic rings. The van der Waals surface area contributed by atoms with E-state index in [1.54, 1.807) is 0 Å². The van der Waals surface area contributed by atoms with E-state index in [-0.39, 0.29) is 17.7 Å². The average molecular weight is 239 g/mol. The molecule has 1 saturated heterocycles. The van der Waals surface area contributed by atoms with Gasteiger partial charge in [0.1, 0.15) is 12.5 Å². The molecular formula is C12H11F2NO2. The molecule has 3 nitrogen and oxygen atoms in total. The van der Waals surface area contributed by atoms with Crippen LogP contribution in [0.4, 0.5) is 14.5 Å². The standard InChI is InChI=1S/C12H11F2NO2/c1-7-9(14)3-2-4-10(7)15-11(16)5-8(6-13)12(15)17/h2-4,8H,5-6H2,1H3. The van der Waals surface area contributed by atoms with Crippen LogP contribution in [0.1, 0.15) is 12.0 Å². The summed E-state index contributed by atoms with van der Waals surface area (Å²) in [5, 5.41) is 0. The number of hydrogen-bond donors (Lipinski definition) is 0. The Hall–Kier alpha value is -1.78. The second-order valence-corrected chi connectivity index (χ2v) is 4.01. The van der Waals surface area contributed by atoms with Gasteiger partial charge in [0.25, 0.3) is 0 Å². The summed E-state index contributed by atoms with van der Waals surface area (Å²) in [6.07, 6.45) is -0.148. The third kappa shape index (κ3) is 1.81. The van der Waals surface area contributed by atoms with E-state index in [4.69, 9.17) is 0 Å². The lowest BCUT2D eigenvalue weighted by Gasteiger charge is -2.17. The summed E-state index contributed by atoms with van der Waals surface area (Å²) in [5.41, 5.74) is 0.421. The maximum Gasteiger partial charge on any atom is 0.240 e. The maximum atomic E-state index is 13.3. The van der Waals surface area contributed by atoms with Gasteiger partial charge in [-0.3, -0.25) is 14.0 Å². The molecular weight excluding hydrogens is 228 g/mol. The van der Waals surface area contributed by atoms with E-state index < -0.39 is 30.2 Å². The van der Waals surface area contributed by atoms with Crippen LogP contribution < -0.4 is 4.90 Å². The molecule has 1 atom stereocenters. The molecule has 1 aliphatic rings. The highest BCUT2D eigenvalue weighted by Gasteiger charge is 2.40. The van der Waals surface area contributed by atoms with E-state index in [0.717, 1.165) is 4.90 Å². The summed E-state index contributed by atoms with van der Waals surface area (Å²) in [7, 11) is 0. The van der Waals surface area contributed by atoms with Gasteiger partial charge in [0.15, 0.2) is 0 Å². The zero-order valence-electron chi connectivity index (χ0n) is 9.24. The molecule has 1 heterocycles. The molecule has 0 aliphatic carbocycles. The van der Waals surface area contributed by atoms with Crippen molar-refractivity contribution in [3.63, 3.8) is 0 Å². The number of benzene rings is 1. The van der Waals surface area contributed by atoms with Crippen LogP contribution in [0.2, 0.25) is 0 Å². The van der Waals surface area contributed by atoms with Gasteiger partial charge in [0.05, 0.1) is 11.6 Å². The lowest BCUT2D eigenvalue weighted by molar-refractivity contribution is -0.122. The van der Waals surface area contributed by atoms with Crippen molar-refractivity contribution in [2.45, 2.75) is 13.3 Å². The number of rotatable bonds is 2. The molecule has 0 aromatic heterocycles. The fourth-order valence-corrected chi connectivity index (χ4v) is 1.91. The molecule has 0 bridgehead atoms. The molecule has 90 valence electrons. The van der Waals surface area contributed by atoms with Crippen LogP contribution in [-0.4, -0.2) is 18.5 Å². The molecule has 1 aromatic carbocycles. The Kier molecular flexibility index (Phi) is 2.92. The number of halogens is 2. The lowest BCUT2D eigenvalue weighted by atomic mass is 10.1. The maximum absolute atomic E-state index is 13.3. The molecule has 0 saturated carbocycles. The molecule has 1 fully saturated rings. The van der Waals surface area contributed by atoms with Crippen LogP contribution in [0.3, 0.4) is 0 Å². The van der Waals surface area contributed by atoms with Crippen molar-refractivity contribution in [3.8, 4) is 0 Å². The number of anilines is 1. The Morgan fingerprint density at radius 1 is 1.41 bits per heavy atom. The summed E-state index contributed by atoms with van der Waals surface area (Å²) >= 11 is 0. The Labute approximate surface area is 97.0 Å². The van der Waals surface area contributed by atoms with Gasteiger partial charge in [-0.1, -0.05) is 6.07 Å². The third-order valence-corrected chi connectivity index (χ3v) is 2.91. The third-order valence-electron chi connectivity index (χ3n) is 2.91. The SMILES string of the molecule is Cc1c(F)cccc1N1C(=O)CC(CF)C1=O. The highest BCUT2D eigenvalue weighted by atomic mass is 19.1.